The fraction of sp³-hybridized carbons (Fsp3) is 0.158. The Labute approximate surface area is 150 Å². The van der Waals surface area contributed by atoms with Crippen molar-refractivity contribution in [2.75, 3.05) is 5.32 Å². The number of carbonyl (C=O) groups is 1. The minimum atomic E-state index is -0.296. The summed E-state index contributed by atoms with van der Waals surface area (Å²) in [6.07, 6.45) is 2.36. The second-order valence-corrected chi connectivity index (χ2v) is 6.05. The molecule has 1 N–H and O–H groups in total. The van der Waals surface area contributed by atoms with Gasteiger partial charge in [0.05, 0.1) is 12.7 Å². The lowest BCUT2D eigenvalue weighted by atomic mass is 10.1. The number of nitrogens with one attached hydrogen (secondary N) is 1. The minimum absolute atomic E-state index is 0.148. The summed E-state index contributed by atoms with van der Waals surface area (Å²) in [5.41, 5.74) is 1.71. The molecule has 0 atom stereocenters. The zero-order chi connectivity index (χ0) is 17.6. The summed E-state index contributed by atoms with van der Waals surface area (Å²) in [6.45, 7) is 0.464. The molecule has 6 heteroatoms. The summed E-state index contributed by atoms with van der Waals surface area (Å²) in [4.78, 5) is 12.2. The molecule has 3 aromatic rings. The molecule has 0 aliphatic carbocycles. The molecule has 0 fully saturated rings. The van der Waals surface area contributed by atoms with Gasteiger partial charge in [-0.25, -0.2) is 9.07 Å². The van der Waals surface area contributed by atoms with E-state index in [1.165, 1.54) is 12.1 Å². The van der Waals surface area contributed by atoms with Crippen molar-refractivity contribution >= 4 is 23.3 Å². The fourth-order valence-corrected chi connectivity index (χ4v) is 2.70. The number of hydrogen-bond donors (Lipinski definition) is 1. The lowest BCUT2D eigenvalue weighted by Gasteiger charge is -2.10. The molecule has 128 valence electrons. The smallest absolute Gasteiger partial charge is 0.225 e. The van der Waals surface area contributed by atoms with Crippen LogP contribution in [0.5, 0.6) is 0 Å². The first-order valence-electron chi connectivity index (χ1n) is 7.91. The van der Waals surface area contributed by atoms with Crippen LogP contribution in [0.2, 0.25) is 5.02 Å². The molecular weight excluding hydrogens is 341 g/mol. The van der Waals surface area contributed by atoms with E-state index >= 15 is 0 Å². The minimum Gasteiger partial charge on any atom is -0.311 e. The lowest BCUT2D eigenvalue weighted by molar-refractivity contribution is -0.116. The van der Waals surface area contributed by atoms with E-state index < -0.39 is 0 Å². The van der Waals surface area contributed by atoms with E-state index in [9.17, 15) is 9.18 Å². The summed E-state index contributed by atoms with van der Waals surface area (Å²) < 4.78 is 14.8. The van der Waals surface area contributed by atoms with Crippen LogP contribution in [0.4, 0.5) is 10.2 Å². The molecule has 3 rings (SSSR count). The first kappa shape index (κ1) is 17.2. The van der Waals surface area contributed by atoms with Crippen LogP contribution >= 0.6 is 11.6 Å². The number of aromatic nitrogens is 2. The van der Waals surface area contributed by atoms with Gasteiger partial charge < -0.3 is 5.32 Å². The van der Waals surface area contributed by atoms with Gasteiger partial charge in [-0.05, 0) is 35.7 Å². The number of benzene rings is 2. The second-order valence-electron chi connectivity index (χ2n) is 5.64. The highest BCUT2D eigenvalue weighted by molar-refractivity contribution is 6.31. The first-order chi connectivity index (χ1) is 12.1. The normalized spacial score (nSPS) is 10.6. The summed E-state index contributed by atoms with van der Waals surface area (Å²) in [7, 11) is 0. The van der Waals surface area contributed by atoms with Crippen LogP contribution in [0.1, 0.15) is 17.5 Å². The van der Waals surface area contributed by atoms with E-state index in [1.54, 1.807) is 29.1 Å². The van der Waals surface area contributed by atoms with Gasteiger partial charge in [-0.15, -0.1) is 0 Å². The Hall–Kier alpha value is -2.66. The molecule has 0 bridgehead atoms. The standard InChI is InChI=1S/C19H17ClFN3O/c20-17-7-2-1-5-15(17)13-24-18(10-11-22-24)23-19(25)9-8-14-4-3-6-16(21)12-14/h1-7,10-12H,8-9,13H2,(H,23,25). The summed E-state index contributed by atoms with van der Waals surface area (Å²) in [5.74, 6) is 0.157. The Bertz CT molecular complexity index is 878. The predicted molar refractivity (Wildman–Crippen MR) is 96.1 cm³/mol. The number of halogens is 2. The Balaban J connectivity index is 1.61. The van der Waals surface area contributed by atoms with Gasteiger partial charge in [-0.3, -0.25) is 4.79 Å². The first-order valence-corrected chi connectivity index (χ1v) is 8.29. The molecule has 4 nitrogen and oxygen atoms in total. The zero-order valence-corrected chi connectivity index (χ0v) is 14.2. The fourth-order valence-electron chi connectivity index (χ4n) is 2.51. The molecule has 0 saturated heterocycles. The summed E-state index contributed by atoms with van der Waals surface area (Å²) in [6, 6.07) is 15.5. The Morgan fingerprint density at radius 1 is 1.16 bits per heavy atom. The maximum absolute atomic E-state index is 13.2. The van der Waals surface area contributed by atoms with E-state index in [4.69, 9.17) is 11.6 Å². The molecule has 2 aromatic carbocycles. The topological polar surface area (TPSA) is 46.9 Å². The maximum atomic E-state index is 13.2. The van der Waals surface area contributed by atoms with Crippen LogP contribution in [0.25, 0.3) is 0 Å². The third kappa shape index (κ3) is 4.67. The molecule has 0 unspecified atom stereocenters. The SMILES string of the molecule is O=C(CCc1cccc(F)c1)Nc1ccnn1Cc1ccccc1Cl. The van der Waals surface area contributed by atoms with E-state index in [0.717, 1.165) is 11.1 Å². The number of nitrogens with zero attached hydrogens (tertiary/aromatic N) is 2. The van der Waals surface area contributed by atoms with E-state index in [2.05, 4.69) is 10.4 Å². The highest BCUT2D eigenvalue weighted by Crippen LogP contribution is 2.18. The van der Waals surface area contributed by atoms with Crippen molar-refractivity contribution in [1.29, 1.82) is 0 Å². The van der Waals surface area contributed by atoms with Crippen LogP contribution in [0.3, 0.4) is 0 Å². The van der Waals surface area contributed by atoms with Crippen molar-refractivity contribution in [3.8, 4) is 0 Å². The average molecular weight is 358 g/mol. The van der Waals surface area contributed by atoms with Crippen molar-refractivity contribution in [2.45, 2.75) is 19.4 Å². The molecule has 0 saturated carbocycles. The molecule has 1 amide bonds. The summed E-state index contributed by atoms with van der Waals surface area (Å²) >= 11 is 6.17. The molecule has 0 aliphatic rings. The van der Waals surface area contributed by atoms with Crippen LogP contribution in [0.15, 0.2) is 60.8 Å². The van der Waals surface area contributed by atoms with Crippen molar-refractivity contribution in [2.24, 2.45) is 0 Å². The van der Waals surface area contributed by atoms with Gasteiger partial charge in [0.2, 0.25) is 5.91 Å². The van der Waals surface area contributed by atoms with Crippen molar-refractivity contribution in [1.82, 2.24) is 9.78 Å². The molecule has 0 aliphatic heterocycles. The summed E-state index contributed by atoms with van der Waals surface area (Å²) in [5, 5.41) is 7.72. The van der Waals surface area contributed by atoms with E-state index in [-0.39, 0.29) is 18.1 Å². The molecule has 1 heterocycles. The second kappa shape index (κ2) is 7.94. The Morgan fingerprint density at radius 2 is 2.00 bits per heavy atom. The van der Waals surface area contributed by atoms with Gasteiger partial charge in [-0.1, -0.05) is 41.9 Å². The number of anilines is 1. The van der Waals surface area contributed by atoms with Crippen LogP contribution < -0.4 is 5.32 Å². The highest BCUT2D eigenvalue weighted by Gasteiger charge is 2.09. The monoisotopic (exact) mass is 357 g/mol. The molecule has 25 heavy (non-hydrogen) atoms. The van der Waals surface area contributed by atoms with Gasteiger partial charge in [0.15, 0.2) is 0 Å². The third-order valence-electron chi connectivity index (χ3n) is 3.79. The van der Waals surface area contributed by atoms with E-state index in [0.29, 0.717) is 23.8 Å². The maximum Gasteiger partial charge on any atom is 0.225 e. The number of carbonyl (C=O) groups excluding carboxylic acids is 1. The van der Waals surface area contributed by atoms with Crippen LogP contribution in [-0.4, -0.2) is 15.7 Å². The number of hydrogen-bond acceptors (Lipinski definition) is 2. The number of amides is 1. The molecule has 1 aromatic heterocycles. The third-order valence-corrected chi connectivity index (χ3v) is 4.16. The zero-order valence-electron chi connectivity index (χ0n) is 13.5. The number of rotatable bonds is 6. The Morgan fingerprint density at radius 3 is 2.80 bits per heavy atom. The highest BCUT2D eigenvalue weighted by atomic mass is 35.5. The molecule has 0 radical (unpaired) electrons. The molecule has 0 spiro atoms. The van der Waals surface area contributed by atoms with Crippen molar-refractivity contribution in [3.05, 3.63) is 82.8 Å². The van der Waals surface area contributed by atoms with Crippen LogP contribution in [0, 0.1) is 5.82 Å². The van der Waals surface area contributed by atoms with Gasteiger partial charge in [0.25, 0.3) is 0 Å². The largest absolute Gasteiger partial charge is 0.311 e. The van der Waals surface area contributed by atoms with E-state index in [1.807, 2.05) is 24.3 Å². The predicted octanol–water partition coefficient (Wildman–Crippen LogP) is 4.30. The van der Waals surface area contributed by atoms with Gasteiger partial charge in [0.1, 0.15) is 11.6 Å². The van der Waals surface area contributed by atoms with Crippen LogP contribution in [-0.2, 0) is 17.8 Å². The van der Waals surface area contributed by atoms with Gasteiger partial charge in [0, 0.05) is 17.5 Å². The Kier molecular flexibility index (Phi) is 5.46. The van der Waals surface area contributed by atoms with Gasteiger partial charge in [-0.2, -0.15) is 5.10 Å². The van der Waals surface area contributed by atoms with Gasteiger partial charge >= 0.3 is 0 Å². The quantitative estimate of drug-likeness (QED) is 0.715. The average Bonchev–Trinajstić information content (AvgIpc) is 3.02. The van der Waals surface area contributed by atoms with Crippen molar-refractivity contribution < 1.29 is 9.18 Å². The number of aryl methyl sites for hydroxylation is 1. The molecular formula is C19H17ClFN3O. The van der Waals surface area contributed by atoms with Crippen molar-refractivity contribution in [3.63, 3.8) is 0 Å². The lowest BCUT2D eigenvalue weighted by Crippen LogP contribution is -2.16.